The largest absolute Gasteiger partial charge is 0.493 e. The molecule has 0 aliphatic rings. The molecule has 0 bridgehead atoms. The average Bonchev–Trinajstić information content (AvgIpc) is 2.33. The first-order valence-electron chi connectivity index (χ1n) is 5.63. The quantitative estimate of drug-likeness (QED) is 0.638. The summed E-state index contributed by atoms with van der Waals surface area (Å²) in [6.45, 7) is 1.68. The van der Waals surface area contributed by atoms with Crippen molar-refractivity contribution in [2.75, 3.05) is 19.4 Å². The third-order valence-electron chi connectivity index (χ3n) is 2.49. The van der Waals surface area contributed by atoms with E-state index in [9.17, 15) is 17.6 Å². The molecule has 1 unspecified atom stereocenters. The van der Waals surface area contributed by atoms with Crippen LogP contribution in [-0.4, -0.2) is 24.9 Å². The molecule has 1 N–H and O–H groups in total. The molecule has 0 fully saturated rings. The number of nitrogens with one attached hydrogen (secondary N) is 1. The molecule has 1 aromatic rings. The van der Waals surface area contributed by atoms with Crippen LogP contribution in [0.2, 0.25) is 0 Å². The third-order valence-corrected chi connectivity index (χ3v) is 3.19. The maximum Gasteiger partial charge on any atom is 0.441 e. The van der Waals surface area contributed by atoms with Crippen molar-refractivity contribution < 1.29 is 22.3 Å². The molecule has 0 aliphatic heterocycles. The van der Waals surface area contributed by atoms with Crippen LogP contribution in [-0.2, 0) is 0 Å². The second-order valence-electron chi connectivity index (χ2n) is 3.84. The van der Waals surface area contributed by atoms with Crippen LogP contribution in [0.4, 0.5) is 17.6 Å². The van der Waals surface area contributed by atoms with Gasteiger partial charge in [-0.3, -0.25) is 0 Å². The van der Waals surface area contributed by atoms with Crippen molar-refractivity contribution in [3.05, 3.63) is 29.6 Å². The lowest BCUT2D eigenvalue weighted by atomic mass is 10.1. The van der Waals surface area contributed by atoms with E-state index in [1.54, 1.807) is 26.1 Å². The first-order chi connectivity index (χ1) is 8.83. The smallest absolute Gasteiger partial charge is 0.441 e. The van der Waals surface area contributed by atoms with Crippen molar-refractivity contribution in [2.45, 2.75) is 18.5 Å². The minimum Gasteiger partial charge on any atom is -0.493 e. The van der Waals surface area contributed by atoms with E-state index in [0.717, 1.165) is 0 Å². The van der Waals surface area contributed by atoms with Crippen LogP contribution in [0.15, 0.2) is 18.2 Å². The Morgan fingerprint density at radius 3 is 2.58 bits per heavy atom. The molecule has 2 nitrogen and oxygen atoms in total. The summed E-state index contributed by atoms with van der Waals surface area (Å²) < 4.78 is 54.4. The number of benzene rings is 1. The summed E-state index contributed by atoms with van der Waals surface area (Å²) in [6, 6.07) is 4.14. The van der Waals surface area contributed by atoms with Crippen molar-refractivity contribution in [3.8, 4) is 5.75 Å². The molecule has 0 aromatic heterocycles. The Kier molecular flexibility index (Phi) is 5.93. The average molecular weight is 297 g/mol. The molecule has 0 saturated heterocycles. The van der Waals surface area contributed by atoms with E-state index < -0.39 is 11.3 Å². The minimum atomic E-state index is -4.26. The van der Waals surface area contributed by atoms with Crippen LogP contribution in [0.3, 0.4) is 0 Å². The Morgan fingerprint density at radius 2 is 2.05 bits per heavy atom. The maximum atomic E-state index is 13.7. The fourth-order valence-corrected chi connectivity index (χ4v) is 1.82. The molecular formula is C12H15F4NOS. The molecule has 0 radical (unpaired) electrons. The highest BCUT2D eigenvalue weighted by Crippen LogP contribution is 2.30. The van der Waals surface area contributed by atoms with Crippen molar-refractivity contribution in [1.29, 1.82) is 0 Å². The highest BCUT2D eigenvalue weighted by molar-refractivity contribution is 8.00. The summed E-state index contributed by atoms with van der Waals surface area (Å²) in [4.78, 5) is 0. The summed E-state index contributed by atoms with van der Waals surface area (Å²) >= 11 is -0.160. The van der Waals surface area contributed by atoms with Crippen LogP contribution >= 0.6 is 11.8 Å². The zero-order valence-corrected chi connectivity index (χ0v) is 11.4. The lowest BCUT2D eigenvalue weighted by molar-refractivity contribution is -0.0329. The Labute approximate surface area is 113 Å². The minimum absolute atomic E-state index is 0.120. The monoisotopic (exact) mass is 297 g/mol. The van der Waals surface area contributed by atoms with Crippen LogP contribution in [0.25, 0.3) is 0 Å². The van der Waals surface area contributed by atoms with Crippen molar-refractivity contribution in [3.63, 3.8) is 0 Å². The van der Waals surface area contributed by atoms with Crippen LogP contribution in [0.1, 0.15) is 18.5 Å². The van der Waals surface area contributed by atoms with Gasteiger partial charge in [0.1, 0.15) is 11.6 Å². The van der Waals surface area contributed by atoms with E-state index in [4.69, 9.17) is 4.74 Å². The van der Waals surface area contributed by atoms with Crippen LogP contribution in [0, 0.1) is 5.82 Å². The predicted molar refractivity (Wildman–Crippen MR) is 67.9 cm³/mol. The van der Waals surface area contributed by atoms with E-state index in [2.05, 4.69) is 5.32 Å². The zero-order chi connectivity index (χ0) is 14.5. The maximum absolute atomic E-state index is 13.7. The molecule has 1 rings (SSSR count). The summed E-state index contributed by atoms with van der Waals surface area (Å²) in [5.74, 6) is -0.435. The predicted octanol–water partition coefficient (Wildman–Crippen LogP) is 3.74. The van der Waals surface area contributed by atoms with Gasteiger partial charge in [-0.15, -0.1) is 0 Å². The normalized spacial score (nSPS) is 13.4. The molecule has 0 heterocycles. The van der Waals surface area contributed by atoms with E-state index in [1.165, 1.54) is 6.07 Å². The Hall–Kier alpha value is -0.950. The molecule has 1 atom stereocenters. The van der Waals surface area contributed by atoms with E-state index in [1.807, 2.05) is 0 Å². The van der Waals surface area contributed by atoms with Gasteiger partial charge in [0.05, 0.1) is 6.61 Å². The van der Waals surface area contributed by atoms with Gasteiger partial charge in [0.2, 0.25) is 0 Å². The number of hydrogen-bond donors (Lipinski definition) is 1. The van der Waals surface area contributed by atoms with Gasteiger partial charge in [0.15, 0.2) is 0 Å². The van der Waals surface area contributed by atoms with Gasteiger partial charge in [0, 0.05) is 23.4 Å². The van der Waals surface area contributed by atoms with Crippen molar-refractivity contribution >= 4 is 11.8 Å². The highest BCUT2D eigenvalue weighted by atomic mass is 32.2. The van der Waals surface area contributed by atoms with Crippen LogP contribution in [0.5, 0.6) is 5.75 Å². The lowest BCUT2D eigenvalue weighted by Gasteiger charge is -2.13. The van der Waals surface area contributed by atoms with E-state index >= 15 is 0 Å². The van der Waals surface area contributed by atoms with Gasteiger partial charge in [-0.05, 0) is 31.8 Å². The standard InChI is InChI=1S/C12H15F4NOS/c1-8(17-2)10-4-3-9(7-11(10)13)18-5-6-19-12(14,15)16/h3-4,7-8,17H,5-6H2,1-2H3. The number of rotatable bonds is 6. The second-order valence-corrected chi connectivity index (χ2v) is 5.00. The molecular weight excluding hydrogens is 282 g/mol. The lowest BCUT2D eigenvalue weighted by Crippen LogP contribution is -2.14. The van der Waals surface area contributed by atoms with Gasteiger partial charge in [-0.25, -0.2) is 4.39 Å². The summed E-state index contributed by atoms with van der Waals surface area (Å²) in [5, 5.41) is 2.90. The number of alkyl halides is 3. The third kappa shape index (κ3) is 5.69. The SMILES string of the molecule is CNC(C)c1ccc(OCCSC(F)(F)F)cc1F. The topological polar surface area (TPSA) is 21.3 Å². The van der Waals surface area contributed by atoms with Gasteiger partial charge in [-0.1, -0.05) is 6.07 Å². The molecule has 19 heavy (non-hydrogen) atoms. The molecule has 0 saturated carbocycles. The van der Waals surface area contributed by atoms with E-state index in [-0.39, 0.29) is 35.9 Å². The van der Waals surface area contributed by atoms with Crippen molar-refractivity contribution in [2.24, 2.45) is 0 Å². The summed E-state index contributed by atoms with van der Waals surface area (Å²) in [7, 11) is 1.71. The fraction of sp³-hybridized carbons (Fsp3) is 0.500. The summed E-state index contributed by atoms with van der Waals surface area (Å²) in [6.07, 6.45) is 0. The highest BCUT2D eigenvalue weighted by Gasteiger charge is 2.27. The Bertz CT molecular complexity index is 411. The van der Waals surface area contributed by atoms with E-state index in [0.29, 0.717) is 5.56 Å². The number of ether oxygens (including phenoxy) is 1. The number of hydrogen-bond acceptors (Lipinski definition) is 3. The number of halogens is 4. The molecule has 0 amide bonds. The molecule has 1 aromatic carbocycles. The first-order valence-corrected chi connectivity index (χ1v) is 6.62. The molecule has 0 spiro atoms. The first kappa shape index (κ1) is 16.1. The Morgan fingerprint density at radius 1 is 1.37 bits per heavy atom. The van der Waals surface area contributed by atoms with Gasteiger partial charge in [0.25, 0.3) is 0 Å². The molecule has 108 valence electrons. The second kappa shape index (κ2) is 7.00. The number of thioether (sulfide) groups is 1. The van der Waals surface area contributed by atoms with Crippen LogP contribution < -0.4 is 10.1 Å². The zero-order valence-electron chi connectivity index (χ0n) is 10.6. The summed E-state index contributed by atoms with van der Waals surface area (Å²) in [5.41, 5.74) is -3.78. The molecule has 7 heteroatoms. The van der Waals surface area contributed by atoms with Gasteiger partial charge >= 0.3 is 5.51 Å². The fourth-order valence-electron chi connectivity index (χ4n) is 1.42. The van der Waals surface area contributed by atoms with Crippen molar-refractivity contribution in [1.82, 2.24) is 5.32 Å². The van der Waals surface area contributed by atoms with Gasteiger partial charge in [-0.2, -0.15) is 13.2 Å². The molecule has 0 aliphatic carbocycles. The van der Waals surface area contributed by atoms with Gasteiger partial charge < -0.3 is 10.1 Å². The Balaban J connectivity index is 2.50.